The summed E-state index contributed by atoms with van der Waals surface area (Å²) in [5.74, 6) is -9.82. The van der Waals surface area contributed by atoms with Gasteiger partial charge in [0.1, 0.15) is 0 Å². The second kappa shape index (κ2) is 5.00. The standard InChI is InChI=1S/C11H12F5N/c1-4(2)3-5(17)6-7(12)9(14)11(16)10(15)8(6)13/h4-5H,3,17H2,1-2H3/t5-/m0/s1. The molecule has 0 amide bonds. The fourth-order valence-corrected chi connectivity index (χ4v) is 1.57. The molecule has 0 spiro atoms. The van der Waals surface area contributed by atoms with E-state index >= 15 is 0 Å². The van der Waals surface area contributed by atoms with Crippen LogP contribution in [-0.2, 0) is 0 Å². The predicted molar refractivity (Wildman–Crippen MR) is 52.6 cm³/mol. The van der Waals surface area contributed by atoms with Crippen molar-refractivity contribution < 1.29 is 22.0 Å². The molecular formula is C11H12F5N. The summed E-state index contributed by atoms with van der Waals surface area (Å²) in [6.45, 7) is 3.46. The highest BCUT2D eigenvalue weighted by atomic mass is 19.2. The van der Waals surface area contributed by atoms with Gasteiger partial charge in [0.25, 0.3) is 0 Å². The van der Waals surface area contributed by atoms with Crippen LogP contribution < -0.4 is 5.73 Å². The van der Waals surface area contributed by atoms with Crippen molar-refractivity contribution in [3.63, 3.8) is 0 Å². The number of hydrogen-bond acceptors (Lipinski definition) is 1. The minimum Gasteiger partial charge on any atom is -0.324 e. The molecule has 1 rings (SSSR count). The molecule has 0 fully saturated rings. The Morgan fingerprint density at radius 3 is 1.53 bits per heavy atom. The number of benzene rings is 1. The summed E-state index contributed by atoms with van der Waals surface area (Å²) in [7, 11) is 0. The second-order valence-electron chi connectivity index (χ2n) is 4.22. The van der Waals surface area contributed by atoms with Crippen LogP contribution >= 0.6 is 0 Å². The fraction of sp³-hybridized carbons (Fsp3) is 0.455. The highest BCUT2D eigenvalue weighted by Crippen LogP contribution is 2.29. The van der Waals surface area contributed by atoms with Gasteiger partial charge in [-0.25, -0.2) is 22.0 Å². The largest absolute Gasteiger partial charge is 0.324 e. The van der Waals surface area contributed by atoms with Gasteiger partial charge >= 0.3 is 0 Å². The first-order valence-corrected chi connectivity index (χ1v) is 5.04. The van der Waals surface area contributed by atoms with Gasteiger partial charge in [-0.3, -0.25) is 0 Å². The molecule has 6 heteroatoms. The van der Waals surface area contributed by atoms with Crippen molar-refractivity contribution in [2.24, 2.45) is 11.7 Å². The average molecular weight is 253 g/mol. The van der Waals surface area contributed by atoms with Crippen LogP contribution in [0.15, 0.2) is 0 Å². The van der Waals surface area contributed by atoms with Crippen molar-refractivity contribution in [3.05, 3.63) is 34.6 Å². The molecule has 0 aliphatic rings. The summed E-state index contributed by atoms with van der Waals surface area (Å²) in [5.41, 5.74) is 4.50. The van der Waals surface area contributed by atoms with Crippen LogP contribution in [0, 0.1) is 35.0 Å². The zero-order valence-electron chi connectivity index (χ0n) is 9.33. The van der Waals surface area contributed by atoms with Crippen LogP contribution in [0.5, 0.6) is 0 Å². The Morgan fingerprint density at radius 1 is 0.824 bits per heavy atom. The van der Waals surface area contributed by atoms with E-state index in [4.69, 9.17) is 5.73 Å². The van der Waals surface area contributed by atoms with Gasteiger partial charge in [-0.2, -0.15) is 0 Å². The van der Waals surface area contributed by atoms with Gasteiger partial charge in [0.2, 0.25) is 5.82 Å². The molecule has 0 radical (unpaired) electrons. The van der Waals surface area contributed by atoms with E-state index in [1.54, 1.807) is 13.8 Å². The first-order valence-electron chi connectivity index (χ1n) is 5.04. The molecule has 0 saturated carbocycles. The van der Waals surface area contributed by atoms with E-state index in [1.165, 1.54) is 0 Å². The summed E-state index contributed by atoms with van der Waals surface area (Å²) in [5, 5.41) is 0. The number of rotatable bonds is 3. The summed E-state index contributed by atoms with van der Waals surface area (Å²) in [6.07, 6.45) is 0.123. The maximum absolute atomic E-state index is 13.3. The summed E-state index contributed by atoms with van der Waals surface area (Å²) < 4.78 is 65.1. The van der Waals surface area contributed by atoms with Gasteiger partial charge < -0.3 is 5.73 Å². The molecule has 1 aromatic carbocycles. The lowest BCUT2D eigenvalue weighted by Gasteiger charge is -2.16. The van der Waals surface area contributed by atoms with Gasteiger partial charge in [0, 0.05) is 11.6 Å². The van der Waals surface area contributed by atoms with E-state index in [-0.39, 0.29) is 12.3 Å². The highest BCUT2D eigenvalue weighted by Gasteiger charge is 2.28. The average Bonchev–Trinajstić information content (AvgIpc) is 2.23. The van der Waals surface area contributed by atoms with Crippen molar-refractivity contribution in [2.45, 2.75) is 26.3 Å². The molecule has 1 nitrogen and oxygen atoms in total. The van der Waals surface area contributed by atoms with Crippen LogP contribution in [0.2, 0.25) is 0 Å². The van der Waals surface area contributed by atoms with Gasteiger partial charge in [0.05, 0.1) is 0 Å². The summed E-state index contributed by atoms with van der Waals surface area (Å²) >= 11 is 0. The van der Waals surface area contributed by atoms with Crippen molar-refractivity contribution in [3.8, 4) is 0 Å². The third-order valence-corrected chi connectivity index (χ3v) is 2.34. The monoisotopic (exact) mass is 253 g/mol. The zero-order chi connectivity index (χ0) is 13.3. The topological polar surface area (TPSA) is 26.0 Å². The predicted octanol–water partition coefficient (Wildman–Crippen LogP) is 3.43. The first-order chi connectivity index (χ1) is 7.77. The summed E-state index contributed by atoms with van der Waals surface area (Å²) in [6, 6.07) is -1.22. The van der Waals surface area contributed by atoms with Crippen LogP contribution in [0.4, 0.5) is 22.0 Å². The van der Waals surface area contributed by atoms with Crippen molar-refractivity contribution >= 4 is 0 Å². The van der Waals surface area contributed by atoms with Crippen molar-refractivity contribution in [1.29, 1.82) is 0 Å². The Morgan fingerprint density at radius 2 is 1.18 bits per heavy atom. The first kappa shape index (κ1) is 13.9. The number of halogens is 5. The zero-order valence-corrected chi connectivity index (χ0v) is 9.33. The lowest BCUT2D eigenvalue weighted by molar-refractivity contribution is 0.357. The van der Waals surface area contributed by atoms with Crippen LogP contribution in [0.25, 0.3) is 0 Å². The molecule has 1 aromatic rings. The maximum atomic E-state index is 13.3. The van der Waals surface area contributed by atoms with Crippen molar-refractivity contribution in [2.75, 3.05) is 0 Å². The molecule has 2 N–H and O–H groups in total. The molecule has 0 unspecified atom stereocenters. The van der Waals surface area contributed by atoms with Crippen LogP contribution in [0.3, 0.4) is 0 Å². The van der Waals surface area contributed by atoms with E-state index in [2.05, 4.69) is 0 Å². The molecule has 96 valence electrons. The molecule has 17 heavy (non-hydrogen) atoms. The second-order valence-corrected chi connectivity index (χ2v) is 4.22. The Labute approximate surface area is 95.4 Å². The Kier molecular flexibility index (Phi) is 4.08. The van der Waals surface area contributed by atoms with Crippen molar-refractivity contribution in [1.82, 2.24) is 0 Å². The van der Waals surface area contributed by atoms with Crippen LogP contribution in [0.1, 0.15) is 31.9 Å². The van der Waals surface area contributed by atoms with E-state index in [1.807, 2.05) is 0 Å². The quantitative estimate of drug-likeness (QED) is 0.498. The van der Waals surface area contributed by atoms with Crippen LogP contribution in [-0.4, -0.2) is 0 Å². The molecule has 0 aliphatic heterocycles. The molecular weight excluding hydrogens is 241 g/mol. The Bertz CT molecular complexity index is 401. The SMILES string of the molecule is CC(C)C[C@H](N)c1c(F)c(F)c(F)c(F)c1F. The van der Waals surface area contributed by atoms with E-state index in [9.17, 15) is 22.0 Å². The molecule has 0 aliphatic carbocycles. The lowest BCUT2D eigenvalue weighted by atomic mass is 9.96. The smallest absolute Gasteiger partial charge is 0.200 e. The number of hydrogen-bond donors (Lipinski definition) is 1. The van der Waals surface area contributed by atoms with Gasteiger partial charge in [-0.1, -0.05) is 13.8 Å². The van der Waals surface area contributed by atoms with E-state index in [0.717, 1.165) is 0 Å². The molecule has 0 bridgehead atoms. The highest BCUT2D eigenvalue weighted by molar-refractivity contribution is 5.26. The molecule has 0 heterocycles. The summed E-state index contributed by atoms with van der Waals surface area (Å²) in [4.78, 5) is 0. The van der Waals surface area contributed by atoms with Gasteiger partial charge in [0.15, 0.2) is 23.3 Å². The minimum absolute atomic E-state index is 0.0278. The molecule has 0 saturated heterocycles. The molecule has 1 atom stereocenters. The maximum Gasteiger partial charge on any atom is 0.200 e. The lowest BCUT2D eigenvalue weighted by Crippen LogP contribution is -2.19. The Balaban J connectivity index is 3.33. The van der Waals surface area contributed by atoms with Gasteiger partial charge in [-0.05, 0) is 12.3 Å². The van der Waals surface area contributed by atoms with E-state index < -0.39 is 40.7 Å². The normalized spacial score (nSPS) is 13.2. The minimum atomic E-state index is -2.17. The molecule has 0 aromatic heterocycles. The van der Waals surface area contributed by atoms with E-state index in [0.29, 0.717) is 0 Å². The fourth-order valence-electron chi connectivity index (χ4n) is 1.57. The third-order valence-electron chi connectivity index (χ3n) is 2.34. The van der Waals surface area contributed by atoms with Gasteiger partial charge in [-0.15, -0.1) is 0 Å². The number of nitrogens with two attached hydrogens (primary N) is 1. The Hall–Kier alpha value is -1.17. The third kappa shape index (κ3) is 2.57.